The Bertz CT molecular complexity index is 800. The number of hydrogen-bond donors (Lipinski definition) is 1. The van der Waals surface area contributed by atoms with Gasteiger partial charge in [-0.25, -0.2) is 0 Å². The average molecular weight is 379 g/mol. The second-order valence-electron chi connectivity index (χ2n) is 6.87. The van der Waals surface area contributed by atoms with Gasteiger partial charge < -0.3 is 10.1 Å². The molecule has 2 aromatic rings. The van der Waals surface area contributed by atoms with Crippen molar-refractivity contribution in [2.24, 2.45) is 0 Å². The normalized spacial score (nSPS) is 12.7. The molecule has 0 bridgehead atoms. The highest BCUT2D eigenvalue weighted by Crippen LogP contribution is 2.30. The van der Waals surface area contributed by atoms with E-state index in [9.17, 15) is 18.0 Å². The summed E-state index contributed by atoms with van der Waals surface area (Å²) in [6.45, 7) is 7.64. The molecule has 0 aliphatic carbocycles. The lowest BCUT2D eigenvalue weighted by Gasteiger charge is -2.19. The number of benzene rings is 2. The molecule has 0 aromatic heterocycles. The van der Waals surface area contributed by atoms with Crippen LogP contribution >= 0.6 is 0 Å². The molecule has 1 amide bonds. The lowest BCUT2D eigenvalue weighted by Crippen LogP contribution is -2.36. The number of nitrogens with one attached hydrogen (secondary N) is 1. The zero-order chi connectivity index (χ0) is 20.2. The third-order valence-electron chi connectivity index (χ3n) is 4.19. The lowest BCUT2D eigenvalue weighted by molar-refractivity contribution is -0.137. The zero-order valence-electron chi connectivity index (χ0n) is 15.9. The van der Waals surface area contributed by atoms with Crippen molar-refractivity contribution in [2.45, 2.75) is 52.4 Å². The molecule has 0 aliphatic rings. The topological polar surface area (TPSA) is 38.3 Å². The number of amides is 1. The molecule has 2 rings (SSSR count). The monoisotopic (exact) mass is 379 g/mol. The van der Waals surface area contributed by atoms with Crippen molar-refractivity contribution in [1.29, 1.82) is 0 Å². The third kappa shape index (κ3) is 5.74. The quantitative estimate of drug-likeness (QED) is 0.747. The largest absolute Gasteiger partial charge is 0.481 e. The van der Waals surface area contributed by atoms with Crippen molar-refractivity contribution >= 4 is 5.91 Å². The standard InChI is InChI=1S/C21H24F3NO2/c1-13(2)18-9-8-14(3)10-19(18)27-15(4)20(26)25-12-16-6-5-7-17(11-16)21(22,23)24/h5-11,13,15H,12H2,1-4H3,(H,25,26)/t15-/m0/s1. The minimum absolute atomic E-state index is 0.00130. The van der Waals surface area contributed by atoms with Crippen molar-refractivity contribution in [1.82, 2.24) is 5.32 Å². The van der Waals surface area contributed by atoms with Gasteiger partial charge >= 0.3 is 6.18 Å². The van der Waals surface area contributed by atoms with Crippen LogP contribution in [0.25, 0.3) is 0 Å². The Morgan fingerprint density at radius 3 is 2.44 bits per heavy atom. The second kappa shape index (κ2) is 8.46. The second-order valence-corrected chi connectivity index (χ2v) is 6.87. The fraction of sp³-hybridized carbons (Fsp3) is 0.381. The Morgan fingerprint density at radius 2 is 1.81 bits per heavy atom. The van der Waals surface area contributed by atoms with Crippen LogP contribution in [0, 0.1) is 6.92 Å². The molecular weight excluding hydrogens is 355 g/mol. The van der Waals surface area contributed by atoms with E-state index < -0.39 is 17.8 Å². The van der Waals surface area contributed by atoms with Gasteiger partial charge in [-0.3, -0.25) is 4.79 Å². The Labute approximate surface area is 157 Å². The van der Waals surface area contributed by atoms with Crippen LogP contribution in [0.4, 0.5) is 13.2 Å². The van der Waals surface area contributed by atoms with Crippen LogP contribution in [-0.4, -0.2) is 12.0 Å². The number of carbonyl (C=O) groups excluding carboxylic acids is 1. The summed E-state index contributed by atoms with van der Waals surface area (Å²) in [5.74, 6) is 0.497. The van der Waals surface area contributed by atoms with Gasteiger partial charge in [0, 0.05) is 6.54 Å². The van der Waals surface area contributed by atoms with E-state index in [1.807, 2.05) is 39.0 Å². The Kier molecular flexibility index (Phi) is 6.52. The number of halogens is 3. The van der Waals surface area contributed by atoms with Crippen molar-refractivity contribution in [3.63, 3.8) is 0 Å². The number of ether oxygens (including phenoxy) is 1. The number of alkyl halides is 3. The van der Waals surface area contributed by atoms with Gasteiger partial charge in [0.15, 0.2) is 6.10 Å². The number of rotatable bonds is 6. The molecule has 6 heteroatoms. The third-order valence-corrected chi connectivity index (χ3v) is 4.19. The van der Waals surface area contributed by atoms with Crippen LogP contribution in [0.5, 0.6) is 5.75 Å². The Morgan fingerprint density at radius 1 is 1.11 bits per heavy atom. The predicted molar refractivity (Wildman–Crippen MR) is 98.6 cm³/mol. The summed E-state index contributed by atoms with van der Waals surface area (Å²) < 4.78 is 44.1. The van der Waals surface area contributed by atoms with Crippen LogP contribution in [0.1, 0.15) is 48.9 Å². The van der Waals surface area contributed by atoms with Crippen LogP contribution in [0.3, 0.4) is 0 Å². The first-order chi connectivity index (χ1) is 12.6. The highest BCUT2D eigenvalue weighted by Gasteiger charge is 2.30. The van der Waals surface area contributed by atoms with E-state index in [-0.39, 0.29) is 18.4 Å². The fourth-order valence-electron chi connectivity index (χ4n) is 2.66. The number of carbonyl (C=O) groups is 1. The zero-order valence-corrected chi connectivity index (χ0v) is 15.9. The summed E-state index contributed by atoms with van der Waals surface area (Å²) in [4.78, 5) is 12.3. The van der Waals surface area contributed by atoms with Gasteiger partial charge in [0.2, 0.25) is 0 Å². The molecule has 0 aliphatic heterocycles. The summed E-state index contributed by atoms with van der Waals surface area (Å²) in [7, 11) is 0. The number of hydrogen-bond acceptors (Lipinski definition) is 2. The molecule has 0 unspecified atom stereocenters. The van der Waals surface area contributed by atoms with Crippen molar-refractivity contribution in [2.75, 3.05) is 0 Å². The Hall–Kier alpha value is -2.50. The van der Waals surface area contributed by atoms with Crippen LogP contribution in [0.15, 0.2) is 42.5 Å². The van der Waals surface area contributed by atoms with E-state index in [0.717, 1.165) is 23.3 Å². The summed E-state index contributed by atoms with van der Waals surface area (Å²) in [5, 5.41) is 2.63. The first-order valence-electron chi connectivity index (χ1n) is 8.79. The first-order valence-corrected chi connectivity index (χ1v) is 8.79. The van der Waals surface area contributed by atoms with Crippen molar-refractivity contribution < 1.29 is 22.7 Å². The smallest absolute Gasteiger partial charge is 0.416 e. The van der Waals surface area contributed by atoms with E-state index in [2.05, 4.69) is 5.32 Å². The molecule has 0 spiro atoms. The van der Waals surface area contributed by atoms with Gasteiger partial charge in [0.25, 0.3) is 5.91 Å². The summed E-state index contributed by atoms with van der Waals surface area (Å²) >= 11 is 0. The summed E-state index contributed by atoms with van der Waals surface area (Å²) in [6, 6.07) is 10.7. The first kappa shape index (κ1) is 20.8. The fourth-order valence-corrected chi connectivity index (χ4v) is 2.66. The van der Waals surface area contributed by atoms with Crippen LogP contribution in [0.2, 0.25) is 0 Å². The molecule has 0 saturated carbocycles. The molecule has 0 radical (unpaired) electrons. The molecule has 146 valence electrons. The summed E-state index contributed by atoms with van der Waals surface area (Å²) in [5.41, 5.74) is 1.66. The van der Waals surface area contributed by atoms with Gasteiger partial charge in [-0.1, -0.05) is 38.1 Å². The van der Waals surface area contributed by atoms with Gasteiger partial charge in [-0.05, 0) is 54.7 Å². The highest BCUT2D eigenvalue weighted by molar-refractivity contribution is 5.80. The maximum Gasteiger partial charge on any atom is 0.416 e. The molecule has 0 saturated heterocycles. The molecule has 1 atom stereocenters. The molecule has 2 aromatic carbocycles. The predicted octanol–water partition coefficient (Wildman–Crippen LogP) is 5.22. The van der Waals surface area contributed by atoms with Crippen LogP contribution in [-0.2, 0) is 17.5 Å². The van der Waals surface area contributed by atoms with Gasteiger partial charge in [0.05, 0.1) is 5.56 Å². The van der Waals surface area contributed by atoms with E-state index >= 15 is 0 Å². The maximum absolute atomic E-state index is 12.8. The van der Waals surface area contributed by atoms with Crippen LogP contribution < -0.4 is 10.1 Å². The van der Waals surface area contributed by atoms with E-state index in [1.54, 1.807) is 13.0 Å². The van der Waals surface area contributed by atoms with Gasteiger partial charge in [0.1, 0.15) is 5.75 Å². The molecule has 0 fully saturated rings. The van der Waals surface area contributed by atoms with Gasteiger partial charge in [-0.15, -0.1) is 0 Å². The lowest BCUT2D eigenvalue weighted by atomic mass is 10.0. The molecule has 1 N–H and O–H groups in total. The summed E-state index contributed by atoms with van der Waals surface area (Å²) in [6.07, 6.45) is -5.18. The molecule has 3 nitrogen and oxygen atoms in total. The van der Waals surface area contributed by atoms with E-state index in [1.165, 1.54) is 6.07 Å². The molecule has 27 heavy (non-hydrogen) atoms. The average Bonchev–Trinajstić information content (AvgIpc) is 2.59. The Balaban J connectivity index is 2.02. The van der Waals surface area contributed by atoms with Crippen molar-refractivity contribution in [3.8, 4) is 5.75 Å². The van der Waals surface area contributed by atoms with Gasteiger partial charge in [-0.2, -0.15) is 13.2 Å². The highest BCUT2D eigenvalue weighted by atomic mass is 19.4. The maximum atomic E-state index is 12.8. The number of aryl methyl sites for hydroxylation is 1. The van der Waals surface area contributed by atoms with E-state index in [0.29, 0.717) is 11.3 Å². The SMILES string of the molecule is Cc1ccc(C(C)C)c(O[C@@H](C)C(=O)NCc2cccc(C(F)(F)F)c2)c1. The van der Waals surface area contributed by atoms with Crippen molar-refractivity contribution in [3.05, 3.63) is 64.7 Å². The molecule has 0 heterocycles. The minimum atomic E-state index is -4.41. The minimum Gasteiger partial charge on any atom is -0.481 e. The van der Waals surface area contributed by atoms with E-state index in [4.69, 9.17) is 4.74 Å². The molecular formula is C21H24F3NO2.